The highest BCUT2D eigenvalue weighted by Gasteiger charge is 2.28. The van der Waals surface area contributed by atoms with Crippen molar-refractivity contribution in [2.75, 3.05) is 13.7 Å². The second-order valence-electron chi connectivity index (χ2n) is 4.86. The van der Waals surface area contributed by atoms with Crippen molar-refractivity contribution in [3.8, 4) is 11.4 Å². The Morgan fingerprint density at radius 3 is 3.05 bits per heavy atom. The van der Waals surface area contributed by atoms with Gasteiger partial charge in [-0.05, 0) is 25.0 Å². The van der Waals surface area contributed by atoms with Crippen molar-refractivity contribution in [1.82, 2.24) is 9.78 Å². The molecule has 1 N–H and O–H groups in total. The van der Waals surface area contributed by atoms with E-state index in [1.54, 1.807) is 11.8 Å². The van der Waals surface area contributed by atoms with Gasteiger partial charge in [-0.15, -0.1) is 0 Å². The van der Waals surface area contributed by atoms with Crippen LogP contribution in [-0.4, -0.2) is 34.6 Å². The van der Waals surface area contributed by atoms with E-state index in [1.807, 2.05) is 24.3 Å². The van der Waals surface area contributed by atoms with Crippen LogP contribution in [0, 0.1) is 0 Å². The fourth-order valence-corrected chi connectivity index (χ4v) is 2.57. The van der Waals surface area contributed by atoms with Crippen LogP contribution >= 0.6 is 0 Å². The summed E-state index contributed by atoms with van der Waals surface area (Å²) in [6, 6.07) is 7.35. The summed E-state index contributed by atoms with van der Waals surface area (Å²) in [5.41, 5.74) is 1.53. The molecule has 1 unspecified atom stereocenters. The van der Waals surface area contributed by atoms with Crippen molar-refractivity contribution < 1.29 is 19.4 Å². The third-order valence-corrected chi connectivity index (χ3v) is 3.57. The van der Waals surface area contributed by atoms with Crippen LogP contribution in [-0.2, 0) is 4.74 Å². The van der Waals surface area contributed by atoms with Gasteiger partial charge in [-0.2, -0.15) is 5.10 Å². The average Bonchev–Trinajstić information content (AvgIpc) is 3.15. The summed E-state index contributed by atoms with van der Waals surface area (Å²) in [6.45, 7) is 0.646. The second-order valence-corrected chi connectivity index (χ2v) is 4.86. The molecule has 3 rings (SSSR count). The van der Waals surface area contributed by atoms with Gasteiger partial charge in [0.05, 0.1) is 24.7 Å². The summed E-state index contributed by atoms with van der Waals surface area (Å²) in [6.07, 6.45) is 2.87. The average molecular weight is 288 g/mol. The van der Waals surface area contributed by atoms with Gasteiger partial charge in [-0.1, -0.05) is 6.07 Å². The Bertz CT molecular complexity index is 659. The third-order valence-electron chi connectivity index (χ3n) is 3.57. The zero-order valence-corrected chi connectivity index (χ0v) is 11.7. The Morgan fingerprint density at radius 2 is 2.38 bits per heavy atom. The minimum absolute atomic E-state index is 0.185. The van der Waals surface area contributed by atoms with Gasteiger partial charge in [0, 0.05) is 12.7 Å². The van der Waals surface area contributed by atoms with Crippen LogP contribution in [0.1, 0.15) is 35.0 Å². The van der Waals surface area contributed by atoms with E-state index in [-0.39, 0.29) is 11.7 Å². The number of carboxylic acids is 1. The molecule has 0 bridgehead atoms. The van der Waals surface area contributed by atoms with Crippen LogP contribution in [0.5, 0.6) is 5.75 Å². The monoisotopic (exact) mass is 288 g/mol. The minimum atomic E-state index is -0.991. The Labute approximate surface area is 121 Å². The van der Waals surface area contributed by atoms with E-state index in [2.05, 4.69) is 5.10 Å². The van der Waals surface area contributed by atoms with Gasteiger partial charge < -0.3 is 14.6 Å². The molecule has 1 aliphatic heterocycles. The normalized spacial score (nSPS) is 17.9. The molecule has 6 nitrogen and oxygen atoms in total. The molecule has 2 aromatic rings. The van der Waals surface area contributed by atoms with Crippen LogP contribution in [0.3, 0.4) is 0 Å². The Hall–Kier alpha value is -2.34. The topological polar surface area (TPSA) is 73.6 Å². The van der Waals surface area contributed by atoms with E-state index >= 15 is 0 Å². The fraction of sp³-hybridized carbons (Fsp3) is 0.333. The summed E-state index contributed by atoms with van der Waals surface area (Å²) in [5, 5.41) is 13.6. The smallest absolute Gasteiger partial charge is 0.339 e. The molecule has 2 heterocycles. The number of carboxylic acid groups (broad SMARTS) is 1. The molecule has 0 saturated carbocycles. The number of nitrogens with zero attached hydrogens (tertiary/aromatic N) is 2. The summed E-state index contributed by atoms with van der Waals surface area (Å²) >= 11 is 0. The first-order valence-electron chi connectivity index (χ1n) is 6.78. The van der Waals surface area contributed by atoms with Gasteiger partial charge in [-0.25, -0.2) is 9.48 Å². The lowest BCUT2D eigenvalue weighted by Gasteiger charge is -2.14. The molecule has 1 fully saturated rings. The maximum Gasteiger partial charge on any atom is 0.339 e. The summed E-state index contributed by atoms with van der Waals surface area (Å²) in [4.78, 5) is 11.4. The number of rotatable bonds is 4. The van der Waals surface area contributed by atoms with Crippen LogP contribution < -0.4 is 4.74 Å². The number of carbonyl (C=O) groups is 1. The molecular weight excluding hydrogens is 272 g/mol. The molecular formula is C15H16N2O4. The Kier molecular flexibility index (Phi) is 3.62. The molecule has 1 saturated heterocycles. The lowest BCUT2D eigenvalue weighted by molar-refractivity contribution is 0.0679. The van der Waals surface area contributed by atoms with E-state index in [1.165, 1.54) is 6.20 Å². The number of methoxy groups -OCH3 is 1. The van der Waals surface area contributed by atoms with Crippen molar-refractivity contribution in [1.29, 1.82) is 0 Å². The summed E-state index contributed by atoms with van der Waals surface area (Å²) < 4.78 is 12.5. The van der Waals surface area contributed by atoms with Gasteiger partial charge in [0.2, 0.25) is 0 Å². The third kappa shape index (κ3) is 2.50. The Morgan fingerprint density at radius 1 is 1.52 bits per heavy atom. The van der Waals surface area contributed by atoms with Crippen LogP contribution in [0.15, 0.2) is 30.5 Å². The molecule has 0 aliphatic carbocycles. The lowest BCUT2D eigenvalue weighted by atomic mass is 10.1. The van der Waals surface area contributed by atoms with Crippen molar-refractivity contribution in [2.24, 2.45) is 0 Å². The minimum Gasteiger partial charge on any atom is -0.497 e. The predicted octanol–water partition coefficient (Wildman–Crippen LogP) is 2.43. The zero-order valence-electron chi connectivity index (χ0n) is 11.7. The lowest BCUT2D eigenvalue weighted by Crippen LogP contribution is -2.11. The van der Waals surface area contributed by atoms with Crippen molar-refractivity contribution in [3.05, 3.63) is 41.7 Å². The van der Waals surface area contributed by atoms with E-state index in [0.717, 1.165) is 18.5 Å². The largest absolute Gasteiger partial charge is 0.497 e. The highest BCUT2D eigenvalue weighted by molar-refractivity contribution is 5.89. The van der Waals surface area contributed by atoms with Gasteiger partial charge in [0.25, 0.3) is 0 Å². The maximum atomic E-state index is 11.4. The van der Waals surface area contributed by atoms with Crippen molar-refractivity contribution >= 4 is 5.97 Å². The zero-order chi connectivity index (χ0) is 14.8. The molecule has 6 heteroatoms. The van der Waals surface area contributed by atoms with E-state index in [4.69, 9.17) is 9.47 Å². The van der Waals surface area contributed by atoms with Gasteiger partial charge in [0.1, 0.15) is 17.4 Å². The summed E-state index contributed by atoms with van der Waals surface area (Å²) in [7, 11) is 1.59. The van der Waals surface area contributed by atoms with E-state index < -0.39 is 5.97 Å². The highest BCUT2D eigenvalue weighted by Crippen LogP contribution is 2.32. The quantitative estimate of drug-likeness (QED) is 0.935. The van der Waals surface area contributed by atoms with Crippen LogP contribution in [0.2, 0.25) is 0 Å². The predicted molar refractivity (Wildman–Crippen MR) is 75.0 cm³/mol. The molecule has 1 aromatic heterocycles. The van der Waals surface area contributed by atoms with Crippen molar-refractivity contribution in [2.45, 2.75) is 18.9 Å². The first kappa shape index (κ1) is 13.6. The maximum absolute atomic E-state index is 11.4. The number of ether oxygens (including phenoxy) is 2. The van der Waals surface area contributed by atoms with Gasteiger partial charge >= 0.3 is 5.97 Å². The molecule has 110 valence electrons. The van der Waals surface area contributed by atoms with E-state index in [9.17, 15) is 9.90 Å². The molecule has 1 atom stereocenters. The molecule has 1 aromatic carbocycles. The highest BCUT2D eigenvalue weighted by atomic mass is 16.5. The standard InChI is InChI=1S/C15H16N2O4/c1-20-11-5-2-4-10(8-11)17-14(13-6-3-7-21-13)12(9-16-17)15(18)19/h2,4-5,8-9,13H,3,6-7H2,1H3,(H,18,19). The van der Waals surface area contributed by atoms with Crippen molar-refractivity contribution in [3.63, 3.8) is 0 Å². The first-order chi connectivity index (χ1) is 10.2. The molecule has 0 spiro atoms. The summed E-state index contributed by atoms with van der Waals surface area (Å²) in [5.74, 6) is -0.298. The number of hydrogen-bond acceptors (Lipinski definition) is 4. The number of aromatic carboxylic acids is 1. The molecule has 1 aliphatic rings. The number of hydrogen-bond donors (Lipinski definition) is 1. The molecule has 0 amide bonds. The van der Waals surface area contributed by atoms with Gasteiger partial charge in [0.15, 0.2) is 0 Å². The SMILES string of the molecule is COc1cccc(-n2ncc(C(=O)O)c2C2CCCO2)c1. The molecule has 21 heavy (non-hydrogen) atoms. The number of benzene rings is 1. The first-order valence-corrected chi connectivity index (χ1v) is 6.78. The molecule has 0 radical (unpaired) electrons. The van der Waals surface area contributed by atoms with E-state index in [0.29, 0.717) is 18.1 Å². The fourth-order valence-electron chi connectivity index (χ4n) is 2.57. The van der Waals surface area contributed by atoms with Gasteiger partial charge in [-0.3, -0.25) is 0 Å². The van der Waals surface area contributed by atoms with Crippen LogP contribution in [0.4, 0.5) is 0 Å². The second kappa shape index (κ2) is 5.57. The van der Waals surface area contributed by atoms with Crippen LogP contribution in [0.25, 0.3) is 5.69 Å². The number of aromatic nitrogens is 2. The Balaban J connectivity index is 2.11.